The van der Waals surface area contributed by atoms with Crippen LogP contribution in [0.5, 0.6) is 11.5 Å². The van der Waals surface area contributed by atoms with E-state index in [4.69, 9.17) is 21.1 Å². The lowest BCUT2D eigenvalue weighted by molar-refractivity contribution is -0.113. The van der Waals surface area contributed by atoms with Crippen molar-refractivity contribution in [1.82, 2.24) is 14.8 Å². The van der Waals surface area contributed by atoms with Crippen molar-refractivity contribution < 1.29 is 14.3 Å². The maximum Gasteiger partial charge on any atom is 0.234 e. The number of para-hydroxylation sites is 2. The molecule has 2 aromatic carbocycles. The molecule has 0 aliphatic carbocycles. The van der Waals surface area contributed by atoms with Gasteiger partial charge < -0.3 is 19.4 Å². The van der Waals surface area contributed by atoms with Gasteiger partial charge in [0.25, 0.3) is 0 Å². The van der Waals surface area contributed by atoms with Crippen molar-refractivity contribution in [2.24, 2.45) is 5.92 Å². The molecule has 0 spiro atoms. The van der Waals surface area contributed by atoms with Gasteiger partial charge in [-0.05, 0) is 49.2 Å². The van der Waals surface area contributed by atoms with E-state index < -0.39 is 0 Å². The fourth-order valence-corrected chi connectivity index (χ4v) is 3.94. The Bertz CT molecular complexity index is 1040. The van der Waals surface area contributed by atoms with Crippen molar-refractivity contribution >= 4 is 35.0 Å². The first-order chi connectivity index (χ1) is 15.4. The second-order valence-electron chi connectivity index (χ2n) is 7.60. The molecule has 170 valence electrons. The molecule has 1 N–H and O–H groups in total. The van der Waals surface area contributed by atoms with Crippen molar-refractivity contribution in [3.63, 3.8) is 0 Å². The molecule has 0 aliphatic heterocycles. The number of nitrogens with one attached hydrogen (secondary N) is 1. The number of hydrogen-bond acceptors (Lipinski definition) is 6. The van der Waals surface area contributed by atoms with E-state index >= 15 is 0 Å². The van der Waals surface area contributed by atoms with Crippen molar-refractivity contribution in [1.29, 1.82) is 0 Å². The highest BCUT2D eigenvalue weighted by molar-refractivity contribution is 7.99. The van der Waals surface area contributed by atoms with Crippen LogP contribution in [0.4, 0.5) is 5.69 Å². The molecule has 0 radical (unpaired) electrons. The first-order valence-corrected chi connectivity index (χ1v) is 11.6. The lowest BCUT2D eigenvalue weighted by Gasteiger charge is -2.19. The second kappa shape index (κ2) is 11.2. The summed E-state index contributed by atoms with van der Waals surface area (Å²) in [5.74, 6) is 2.44. The predicted molar refractivity (Wildman–Crippen MR) is 128 cm³/mol. The van der Waals surface area contributed by atoms with Crippen LogP contribution in [-0.4, -0.2) is 33.5 Å². The van der Waals surface area contributed by atoms with Gasteiger partial charge in [-0.25, -0.2) is 0 Å². The highest BCUT2D eigenvalue weighted by Crippen LogP contribution is 2.31. The van der Waals surface area contributed by atoms with Crippen LogP contribution < -0.4 is 14.8 Å². The van der Waals surface area contributed by atoms with Crippen LogP contribution in [0.2, 0.25) is 5.02 Å². The lowest BCUT2D eigenvalue weighted by Crippen LogP contribution is -2.17. The number of nitrogens with zero attached hydrogens (tertiary/aromatic N) is 3. The average molecular weight is 475 g/mol. The Labute approximate surface area is 197 Å². The van der Waals surface area contributed by atoms with E-state index in [-0.39, 0.29) is 17.8 Å². The maximum atomic E-state index is 12.4. The number of hydrogen-bond donors (Lipinski definition) is 1. The number of halogens is 1. The predicted octanol–water partition coefficient (Wildman–Crippen LogP) is 5.47. The van der Waals surface area contributed by atoms with Gasteiger partial charge in [0.1, 0.15) is 0 Å². The number of benzene rings is 2. The van der Waals surface area contributed by atoms with Crippen LogP contribution in [-0.2, 0) is 11.3 Å². The van der Waals surface area contributed by atoms with E-state index in [1.807, 2.05) is 35.8 Å². The van der Waals surface area contributed by atoms with E-state index in [2.05, 4.69) is 29.4 Å². The summed E-state index contributed by atoms with van der Waals surface area (Å²) in [5.41, 5.74) is 0.697. The highest BCUT2D eigenvalue weighted by Gasteiger charge is 2.22. The molecule has 1 aromatic heterocycles. The summed E-state index contributed by atoms with van der Waals surface area (Å²) in [5, 5.41) is 12.9. The Morgan fingerprint density at radius 2 is 1.78 bits per heavy atom. The van der Waals surface area contributed by atoms with Crippen LogP contribution in [0.15, 0.2) is 53.7 Å². The molecule has 1 amide bonds. The Balaban J connectivity index is 1.71. The standard InChI is InChI=1S/C23H27ClN4O3S/c1-15(2)13-28-22(16(3)31-20-8-6-5-7-19(20)30-4)26-27-23(28)32-14-21(29)25-18-11-9-17(24)10-12-18/h5-12,15-16H,13-14H2,1-4H3,(H,25,29). The Hall–Kier alpha value is -2.71. The first kappa shape index (κ1) is 23.9. The van der Waals surface area contributed by atoms with Gasteiger partial charge in [-0.3, -0.25) is 4.79 Å². The number of carbonyl (C=O) groups is 1. The molecule has 3 rings (SSSR count). The van der Waals surface area contributed by atoms with Gasteiger partial charge in [-0.15, -0.1) is 10.2 Å². The third-order valence-corrected chi connectivity index (χ3v) is 5.71. The smallest absolute Gasteiger partial charge is 0.234 e. The molecule has 0 saturated carbocycles. The zero-order valence-electron chi connectivity index (χ0n) is 18.5. The molecule has 0 bridgehead atoms. The van der Waals surface area contributed by atoms with Crippen molar-refractivity contribution in [2.75, 3.05) is 18.2 Å². The topological polar surface area (TPSA) is 78.3 Å². The highest BCUT2D eigenvalue weighted by atomic mass is 35.5. The van der Waals surface area contributed by atoms with Crippen LogP contribution >= 0.6 is 23.4 Å². The summed E-state index contributed by atoms with van der Waals surface area (Å²) in [6.45, 7) is 6.88. The summed E-state index contributed by atoms with van der Waals surface area (Å²) in [6, 6.07) is 14.5. The Morgan fingerprint density at radius 1 is 1.09 bits per heavy atom. The molecule has 7 nitrogen and oxygen atoms in total. The number of ether oxygens (including phenoxy) is 2. The summed E-state index contributed by atoms with van der Waals surface area (Å²) < 4.78 is 13.5. The quantitative estimate of drug-likeness (QED) is 0.393. The molecule has 1 atom stereocenters. The zero-order valence-corrected chi connectivity index (χ0v) is 20.1. The van der Waals surface area contributed by atoms with Gasteiger partial charge >= 0.3 is 0 Å². The number of carbonyl (C=O) groups excluding carboxylic acids is 1. The van der Waals surface area contributed by atoms with Gasteiger partial charge in [0.2, 0.25) is 5.91 Å². The molecular formula is C23H27ClN4O3S. The molecule has 9 heteroatoms. The molecule has 32 heavy (non-hydrogen) atoms. The minimum Gasteiger partial charge on any atom is -0.493 e. The van der Waals surface area contributed by atoms with Crippen LogP contribution in [0, 0.1) is 5.92 Å². The van der Waals surface area contributed by atoms with Gasteiger partial charge in [-0.2, -0.15) is 0 Å². The minimum atomic E-state index is -0.352. The lowest BCUT2D eigenvalue weighted by atomic mass is 10.2. The van der Waals surface area contributed by atoms with E-state index in [1.54, 1.807) is 31.4 Å². The van der Waals surface area contributed by atoms with Crippen LogP contribution in [0.3, 0.4) is 0 Å². The zero-order chi connectivity index (χ0) is 23.1. The fourth-order valence-electron chi connectivity index (χ4n) is 3.06. The van der Waals surface area contributed by atoms with Gasteiger partial charge in [0.05, 0.1) is 12.9 Å². The molecule has 1 unspecified atom stereocenters. The van der Waals surface area contributed by atoms with Crippen molar-refractivity contribution in [3.05, 3.63) is 59.4 Å². The summed E-state index contributed by atoms with van der Waals surface area (Å²) >= 11 is 7.23. The summed E-state index contributed by atoms with van der Waals surface area (Å²) in [6.07, 6.45) is -0.352. The number of methoxy groups -OCH3 is 1. The largest absolute Gasteiger partial charge is 0.493 e. The van der Waals surface area contributed by atoms with Crippen molar-refractivity contribution in [2.45, 2.75) is 38.6 Å². The minimum absolute atomic E-state index is 0.128. The molecule has 0 fully saturated rings. The molecular weight excluding hydrogens is 448 g/mol. The molecule has 3 aromatic rings. The van der Waals surface area contributed by atoms with Crippen LogP contribution in [0.25, 0.3) is 0 Å². The number of aromatic nitrogens is 3. The van der Waals surface area contributed by atoms with Gasteiger partial charge in [0, 0.05) is 17.3 Å². The third-order valence-electron chi connectivity index (χ3n) is 4.49. The normalized spacial score (nSPS) is 11.9. The van der Waals surface area contributed by atoms with Crippen molar-refractivity contribution in [3.8, 4) is 11.5 Å². The van der Waals surface area contributed by atoms with E-state index in [9.17, 15) is 4.79 Å². The summed E-state index contributed by atoms with van der Waals surface area (Å²) in [4.78, 5) is 12.4. The maximum absolute atomic E-state index is 12.4. The number of thioether (sulfide) groups is 1. The molecule has 0 saturated heterocycles. The Kier molecular flexibility index (Phi) is 8.41. The Morgan fingerprint density at radius 3 is 2.44 bits per heavy atom. The number of rotatable bonds is 10. The number of amides is 1. The second-order valence-corrected chi connectivity index (χ2v) is 8.98. The van der Waals surface area contributed by atoms with E-state index in [1.165, 1.54) is 11.8 Å². The van der Waals surface area contributed by atoms with Gasteiger partial charge in [0.15, 0.2) is 28.6 Å². The SMILES string of the molecule is COc1ccccc1OC(C)c1nnc(SCC(=O)Nc2ccc(Cl)cc2)n1CC(C)C. The third kappa shape index (κ3) is 6.40. The van der Waals surface area contributed by atoms with E-state index in [0.29, 0.717) is 45.7 Å². The van der Waals surface area contributed by atoms with Crippen LogP contribution in [0.1, 0.15) is 32.7 Å². The van der Waals surface area contributed by atoms with Gasteiger partial charge in [-0.1, -0.05) is 49.3 Å². The monoisotopic (exact) mass is 474 g/mol. The summed E-state index contributed by atoms with van der Waals surface area (Å²) in [7, 11) is 1.61. The molecule has 1 heterocycles. The average Bonchev–Trinajstić information content (AvgIpc) is 3.16. The number of anilines is 1. The molecule has 0 aliphatic rings. The first-order valence-electron chi connectivity index (χ1n) is 10.3. The van der Waals surface area contributed by atoms with E-state index in [0.717, 1.165) is 0 Å². The fraction of sp³-hybridized carbons (Fsp3) is 0.348.